The smallest absolute Gasteiger partial charge is 0.303 e. The van der Waals surface area contributed by atoms with Gasteiger partial charge in [-0.1, -0.05) is 0 Å². The van der Waals surface area contributed by atoms with Gasteiger partial charge in [-0.2, -0.15) is 0 Å². The van der Waals surface area contributed by atoms with Crippen molar-refractivity contribution in [2.45, 2.75) is 0 Å². The molecule has 8 heavy (non-hydrogen) atoms. The number of hydrogen-bond acceptors (Lipinski definition) is 1. The minimum absolute atomic E-state index is 0. The van der Waals surface area contributed by atoms with Crippen molar-refractivity contribution < 1.29 is 115 Å². The van der Waals surface area contributed by atoms with Crippen molar-refractivity contribution in [1.29, 1.82) is 0 Å². The zero-order valence-electron chi connectivity index (χ0n) is 3.61. The minimum atomic E-state index is -4.64. The Bertz CT molecular complexity index is 62.2. The van der Waals surface area contributed by atoms with E-state index in [0.717, 1.165) is 0 Å². The quantitative estimate of drug-likeness (QED) is 0.454. The van der Waals surface area contributed by atoms with Gasteiger partial charge in [-0.25, -0.2) is 4.57 Å². The Kier molecular flexibility index (Phi) is 29.0. The summed E-state index contributed by atoms with van der Waals surface area (Å²) in [5, 5.41) is 0. The summed E-state index contributed by atoms with van der Waals surface area (Å²) in [5.41, 5.74) is 0. The minimum Gasteiger partial charge on any atom is -0.303 e. The first-order chi connectivity index (χ1) is 2.00. The van der Waals surface area contributed by atoms with Gasteiger partial charge in [0.25, 0.3) is 0 Å². The molecule has 0 aromatic rings. The van der Waals surface area contributed by atoms with Gasteiger partial charge in [-0.05, 0) is 0 Å². The van der Waals surface area contributed by atoms with Crippen LogP contribution >= 0.6 is 7.82 Å². The molecule has 0 amide bonds. The fourth-order valence-corrected chi connectivity index (χ4v) is 0. The molecule has 0 fully saturated rings. The van der Waals surface area contributed by atoms with E-state index in [1.807, 2.05) is 0 Å². The molecule has 8 heteroatoms. The van der Waals surface area contributed by atoms with Crippen molar-refractivity contribution in [3.05, 3.63) is 0 Å². The number of rotatable bonds is 0. The third-order valence-corrected chi connectivity index (χ3v) is 0. The molecule has 0 rings (SSSR count). The van der Waals surface area contributed by atoms with Crippen LogP contribution in [-0.4, -0.2) is 14.7 Å². The Morgan fingerprint density at radius 2 is 1.12 bits per heavy atom. The van der Waals surface area contributed by atoms with E-state index in [2.05, 4.69) is 0 Å². The van der Waals surface area contributed by atoms with Gasteiger partial charge in [0.05, 0.1) is 0 Å². The summed E-state index contributed by atoms with van der Waals surface area (Å²) in [4.78, 5) is 21.6. The predicted octanol–water partition coefficient (Wildman–Crippen LogP) is -0.934. The summed E-state index contributed by atoms with van der Waals surface area (Å²) in [5.74, 6) is 0. The standard InChI is InChI=1S/Lu.H3O4P.Sc.Y/c;1-5(2,3)4;;/h;(H3,1,2,3,4);;. The molecule has 0 saturated heterocycles. The second-order valence-electron chi connectivity index (χ2n) is 0.513. The fraction of sp³-hybridized carbons (Fsp3) is 0. The van der Waals surface area contributed by atoms with E-state index in [1.54, 1.807) is 0 Å². The summed E-state index contributed by atoms with van der Waals surface area (Å²) >= 11 is 0. The monoisotopic (exact) mass is 407 g/mol. The molecule has 3 N–H and O–H groups in total. The second-order valence-corrected chi connectivity index (χ2v) is 1.54. The van der Waals surface area contributed by atoms with Crippen molar-refractivity contribution in [2.24, 2.45) is 0 Å². The molecule has 0 bridgehead atoms. The molecule has 0 atom stereocenters. The van der Waals surface area contributed by atoms with Crippen LogP contribution in [0.3, 0.4) is 0 Å². The van der Waals surface area contributed by atoms with Crippen molar-refractivity contribution in [1.82, 2.24) is 0 Å². The average Bonchev–Trinajstić information content (AvgIpc) is 0.722. The van der Waals surface area contributed by atoms with Gasteiger partial charge in [-0.15, -0.1) is 0 Å². The van der Waals surface area contributed by atoms with E-state index in [-0.39, 0.29) is 95.4 Å². The van der Waals surface area contributed by atoms with Crippen LogP contribution in [0, 0.1) is 36.9 Å². The van der Waals surface area contributed by atoms with Crippen molar-refractivity contribution in [2.75, 3.05) is 0 Å². The van der Waals surface area contributed by atoms with Gasteiger partial charge in [0.1, 0.15) is 0 Å². The van der Waals surface area contributed by atoms with E-state index in [0.29, 0.717) is 0 Å². The maximum absolute atomic E-state index is 8.88. The Balaban J connectivity index is -0.0000000267. The summed E-state index contributed by atoms with van der Waals surface area (Å²) in [6.07, 6.45) is 0. The molecular formula is H3LuO4PScY. The summed E-state index contributed by atoms with van der Waals surface area (Å²) in [6.45, 7) is 0. The maximum Gasteiger partial charge on any atom is 0.466 e. The molecule has 0 aliphatic carbocycles. The molecule has 53 valence electrons. The SMILES string of the molecule is O=P(O)(O)O.[Lu].[Sc].[Y]. The maximum atomic E-state index is 8.88. The Hall–Kier alpha value is 3.32. The first kappa shape index (κ1) is 22.5. The molecule has 0 aromatic heterocycles. The summed E-state index contributed by atoms with van der Waals surface area (Å²) in [7, 11) is -4.64. The summed E-state index contributed by atoms with van der Waals surface area (Å²) in [6, 6.07) is 0. The molecule has 0 aromatic carbocycles. The predicted molar refractivity (Wildman–Crippen MR) is 14.3 cm³/mol. The van der Waals surface area contributed by atoms with Gasteiger partial charge < -0.3 is 14.7 Å². The summed E-state index contributed by atoms with van der Waals surface area (Å²) < 4.78 is 8.88. The molecule has 0 aliphatic rings. The third-order valence-electron chi connectivity index (χ3n) is 0. The Morgan fingerprint density at radius 3 is 1.12 bits per heavy atom. The number of phosphoric acid groups is 1. The van der Waals surface area contributed by atoms with Gasteiger partial charge in [0.15, 0.2) is 0 Å². The van der Waals surface area contributed by atoms with Crippen LogP contribution in [0.25, 0.3) is 0 Å². The molecule has 3 radical (unpaired) electrons. The average molecular weight is 407 g/mol. The molecule has 0 heterocycles. The molecule has 4 nitrogen and oxygen atoms in total. The van der Waals surface area contributed by atoms with Gasteiger partial charge in [-0.3, -0.25) is 0 Å². The van der Waals surface area contributed by atoms with Crippen LogP contribution < -0.4 is 0 Å². The van der Waals surface area contributed by atoms with Gasteiger partial charge >= 0.3 is 7.82 Å². The van der Waals surface area contributed by atoms with Crippen LogP contribution in [0.2, 0.25) is 0 Å². The zero-order chi connectivity index (χ0) is 4.50. The van der Waals surface area contributed by atoms with Gasteiger partial charge in [0, 0.05) is 95.4 Å². The van der Waals surface area contributed by atoms with Crippen LogP contribution in [0.5, 0.6) is 0 Å². The Labute approximate surface area is 120 Å². The Morgan fingerprint density at radius 1 is 1.12 bits per heavy atom. The normalized spacial score (nSPS) is 7.38. The van der Waals surface area contributed by atoms with Crippen molar-refractivity contribution >= 4 is 7.82 Å². The zero-order valence-corrected chi connectivity index (χ0v) is 10.8. The van der Waals surface area contributed by atoms with Crippen molar-refractivity contribution in [3.8, 4) is 0 Å². The molecule has 0 aliphatic heterocycles. The van der Waals surface area contributed by atoms with E-state index in [1.165, 1.54) is 0 Å². The van der Waals surface area contributed by atoms with E-state index in [4.69, 9.17) is 19.2 Å². The van der Waals surface area contributed by atoms with E-state index >= 15 is 0 Å². The molecule has 0 saturated carbocycles. The van der Waals surface area contributed by atoms with E-state index < -0.39 is 7.82 Å². The van der Waals surface area contributed by atoms with Crippen LogP contribution in [0.1, 0.15) is 0 Å². The van der Waals surface area contributed by atoms with Crippen LogP contribution in [0.15, 0.2) is 0 Å². The first-order valence-electron chi connectivity index (χ1n) is 0.783. The third kappa shape index (κ3) is 58.6. The van der Waals surface area contributed by atoms with Crippen LogP contribution in [0.4, 0.5) is 0 Å². The molecule has 0 unspecified atom stereocenters. The topological polar surface area (TPSA) is 77.8 Å². The van der Waals surface area contributed by atoms with Crippen LogP contribution in [-0.2, 0) is 63.1 Å². The van der Waals surface area contributed by atoms with Gasteiger partial charge in [0.2, 0.25) is 0 Å². The molecule has 0 spiro atoms. The second kappa shape index (κ2) is 10.3. The first-order valence-corrected chi connectivity index (χ1v) is 2.35. The van der Waals surface area contributed by atoms with E-state index in [9.17, 15) is 0 Å². The molecular weight excluding hydrogens is 404 g/mol. The van der Waals surface area contributed by atoms with Crippen molar-refractivity contribution in [3.63, 3.8) is 0 Å². The largest absolute Gasteiger partial charge is 0.466 e. The number of hydrogen-bond donors (Lipinski definition) is 3. The fourth-order valence-electron chi connectivity index (χ4n) is 0.